The second-order valence-corrected chi connectivity index (χ2v) is 31.0. The molecule has 0 heterocycles. The molecule has 0 bridgehead atoms. The normalized spacial score (nSPS) is 14.9. The molecule has 0 aromatic rings. The molecule has 0 aromatic heterocycles. The van der Waals surface area contributed by atoms with E-state index in [1.54, 1.807) is 0 Å². The van der Waals surface area contributed by atoms with Gasteiger partial charge in [0.15, 0.2) is 12.2 Å². The number of esters is 4. The van der Waals surface area contributed by atoms with Crippen LogP contribution in [0, 0.1) is 17.8 Å². The van der Waals surface area contributed by atoms with E-state index < -0.39 is 97.5 Å². The van der Waals surface area contributed by atoms with Crippen molar-refractivity contribution in [2.45, 2.75) is 407 Å². The molecule has 0 rings (SSSR count). The molecular formula is C76H148O17P2. The average Bonchev–Trinajstić information content (AvgIpc) is 1.42. The third-order valence-electron chi connectivity index (χ3n) is 18.7. The number of phosphoric acid groups is 2. The quantitative estimate of drug-likeness (QED) is 0.0222. The van der Waals surface area contributed by atoms with Crippen LogP contribution in [0.2, 0.25) is 0 Å². The predicted molar refractivity (Wildman–Crippen MR) is 386 cm³/mol. The Kier molecular flexibility index (Phi) is 65.2. The molecule has 0 aliphatic heterocycles. The molecule has 0 aliphatic carbocycles. The second kappa shape index (κ2) is 66.6. The van der Waals surface area contributed by atoms with Crippen molar-refractivity contribution in [3.63, 3.8) is 0 Å². The summed E-state index contributed by atoms with van der Waals surface area (Å²) in [5, 5.41) is 10.6. The lowest BCUT2D eigenvalue weighted by Crippen LogP contribution is -2.30. The molecule has 0 saturated carbocycles. The first-order chi connectivity index (χ1) is 45.8. The first-order valence-corrected chi connectivity index (χ1v) is 42.5. The number of aliphatic hydroxyl groups excluding tert-OH is 1. The third kappa shape index (κ3) is 66.4. The fourth-order valence-electron chi connectivity index (χ4n) is 11.5. The number of rotatable bonds is 74. The third-order valence-corrected chi connectivity index (χ3v) is 20.6. The standard InChI is InChI=1S/C76H148O17P2/c1-8-12-13-14-15-26-36-43-50-57-73(78)86-63-71(93-76(81)60-53-46-39-32-25-23-29-35-42-49-56-69(7)11-4)65-90-94(82,83)88-61-70(77)62-89-95(84,85)91-66-72(64-87-74(79)58-51-44-37-30-24-22-28-34-41-48-55-68(6)10-3)92-75(80)59-52-45-38-31-21-19-17-16-18-20-27-33-40-47-54-67(5)9-2/h67-72,77H,8-66H2,1-7H3,(H,82,83)(H,84,85)/t67?,68?,69?,70-,71+,72+/m0/s1. The minimum atomic E-state index is -4.96. The maximum Gasteiger partial charge on any atom is 0.472 e. The van der Waals surface area contributed by atoms with Gasteiger partial charge < -0.3 is 33.8 Å². The highest BCUT2D eigenvalue weighted by molar-refractivity contribution is 7.47. The number of carbonyl (C=O) groups excluding carboxylic acids is 4. The van der Waals surface area contributed by atoms with Gasteiger partial charge in [-0.05, 0) is 43.4 Å². The minimum absolute atomic E-state index is 0.106. The Labute approximate surface area is 581 Å². The largest absolute Gasteiger partial charge is 0.472 e. The number of ether oxygens (including phenoxy) is 4. The molecule has 0 saturated heterocycles. The number of aliphatic hydroxyl groups is 1. The fourth-order valence-corrected chi connectivity index (χ4v) is 13.1. The van der Waals surface area contributed by atoms with Crippen molar-refractivity contribution in [3.8, 4) is 0 Å². The van der Waals surface area contributed by atoms with Crippen LogP contribution in [-0.2, 0) is 65.4 Å². The fraction of sp³-hybridized carbons (Fsp3) is 0.947. The van der Waals surface area contributed by atoms with E-state index in [-0.39, 0.29) is 25.7 Å². The van der Waals surface area contributed by atoms with Crippen molar-refractivity contribution in [2.75, 3.05) is 39.6 Å². The van der Waals surface area contributed by atoms with Gasteiger partial charge in [0.1, 0.15) is 19.3 Å². The molecule has 3 N–H and O–H groups in total. The summed E-state index contributed by atoms with van der Waals surface area (Å²) in [6.45, 7) is 12.0. The van der Waals surface area contributed by atoms with Gasteiger partial charge >= 0.3 is 39.5 Å². The number of unbranched alkanes of at least 4 members (excludes halogenated alkanes) is 39. The Balaban J connectivity index is 5.25. The molecule has 0 spiro atoms. The van der Waals surface area contributed by atoms with Gasteiger partial charge in [0.2, 0.25) is 0 Å². The number of carbonyl (C=O) groups is 4. The Bertz CT molecular complexity index is 1860. The number of hydrogen-bond acceptors (Lipinski definition) is 15. The molecule has 0 radical (unpaired) electrons. The molecule has 95 heavy (non-hydrogen) atoms. The van der Waals surface area contributed by atoms with E-state index in [0.717, 1.165) is 108 Å². The van der Waals surface area contributed by atoms with Crippen LogP contribution < -0.4 is 0 Å². The molecule has 5 unspecified atom stereocenters. The highest BCUT2D eigenvalue weighted by Gasteiger charge is 2.30. The predicted octanol–water partition coefficient (Wildman–Crippen LogP) is 22.2. The van der Waals surface area contributed by atoms with Crippen LogP contribution in [-0.4, -0.2) is 96.7 Å². The van der Waals surface area contributed by atoms with Crippen LogP contribution in [0.25, 0.3) is 0 Å². The van der Waals surface area contributed by atoms with E-state index in [1.807, 2.05) is 0 Å². The van der Waals surface area contributed by atoms with Crippen LogP contribution >= 0.6 is 15.6 Å². The molecule has 8 atom stereocenters. The number of hydrogen-bond donors (Lipinski definition) is 3. The summed E-state index contributed by atoms with van der Waals surface area (Å²) in [6, 6.07) is 0. The van der Waals surface area contributed by atoms with Gasteiger partial charge in [0, 0.05) is 25.7 Å². The summed E-state index contributed by atoms with van der Waals surface area (Å²) in [7, 11) is -9.91. The van der Waals surface area contributed by atoms with Gasteiger partial charge in [-0.1, -0.05) is 337 Å². The lowest BCUT2D eigenvalue weighted by Gasteiger charge is -2.21. The second-order valence-electron chi connectivity index (χ2n) is 28.1. The van der Waals surface area contributed by atoms with E-state index in [1.165, 1.54) is 199 Å². The summed E-state index contributed by atoms with van der Waals surface area (Å²) in [6.07, 6.45) is 52.4. The lowest BCUT2D eigenvalue weighted by atomic mass is 9.99. The number of phosphoric ester groups is 2. The molecule has 0 aromatic carbocycles. The van der Waals surface area contributed by atoms with Crippen LogP contribution in [0.15, 0.2) is 0 Å². The van der Waals surface area contributed by atoms with E-state index in [2.05, 4.69) is 48.5 Å². The van der Waals surface area contributed by atoms with E-state index in [0.29, 0.717) is 25.7 Å². The molecule has 0 aliphatic rings. The minimum Gasteiger partial charge on any atom is -0.462 e. The Hall–Kier alpha value is -1.94. The topological polar surface area (TPSA) is 237 Å². The molecule has 0 fully saturated rings. The lowest BCUT2D eigenvalue weighted by molar-refractivity contribution is -0.161. The van der Waals surface area contributed by atoms with Crippen molar-refractivity contribution >= 4 is 39.5 Å². The van der Waals surface area contributed by atoms with E-state index in [9.17, 15) is 43.2 Å². The summed E-state index contributed by atoms with van der Waals surface area (Å²) >= 11 is 0. The van der Waals surface area contributed by atoms with Crippen molar-refractivity contribution in [1.29, 1.82) is 0 Å². The maximum absolute atomic E-state index is 13.1. The molecule has 564 valence electrons. The van der Waals surface area contributed by atoms with Gasteiger partial charge in [0.05, 0.1) is 26.4 Å². The SMILES string of the molecule is CCCCCCCCCCCC(=O)OC[C@H](COP(=O)(O)OC[C@H](O)COP(=O)(O)OC[C@@H](COC(=O)CCCCCCCCCCCCC(C)CC)OC(=O)CCCCCCCCCCCCCCCCC(C)CC)OC(=O)CCCCCCCCCCCCC(C)CC. The zero-order chi connectivity index (χ0) is 70.1. The zero-order valence-corrected chi connectivity index (χ0v) is 63.9. The van der Waals surface area contributed by atoms with Gasteiger partial charge in [0.25, 0.3) is 0 Å². The summed E-state index contributed by atoms with van der Waals surface area (Å²) in [5.74, 6) is 0.340. The monoisotopic (exact) mass is 1400 g/mol. The summed E-state index contributed by atoms with van der Waals surface area (Å²) in [5.41, 5.74) is 0. The molecule has 17 nitrogen and oxygen atoms in total. The summed E-state index contributed by atoms with van der Waals surface area (Å²) in [4.78, 5) is 72.8. The first kappa shape index (κ1) is 93.1. The van der Waals surface area contributed by atoms with Crippen molar-refractivity contribution in [3.05, 3.63) is 0 Å². The van der Waals surface area contributed by atoms with E-state index in [4.69, 9.17) is 37.0 Å². The van der Waals surface area contributed by atoms with Gasteiger partial charge in [-0.15, -0.1) is 0 Å². The highest BCUT2D eigenvalue weighted by atomic mass is 31.2. The van der Waals surface area contributed by atoms with Crippen LogP contribution in [0.3, 0.4) is 0 Å². The summed E-state index contributed by atoms with van der Waals surface area (Å²) < 4.78 is 68.5. The first-order valence-electron chi connectivity index (χ1n) is 39.5. The Morgan fingerprint density at radius 2 is 0.505 bits per heavy atom. The Morgan fingerprint density at radius 1 is 0.295 bits per heavy atom. The van der Waals surface area contributed by atoms with Crippen LogP contribution in [0.1, 0.15) is 389 Å². The van der Waals surface area contributed by atoms with Crippen molar-refractivity contribution in [1.82, 2.24) is 0 Å². The Morgan fingerprint density at radius 3 is 0.747 bits per heavy atom. The highest BCUT2D eigenvalue weighted by Crippen LogP contribution is 2.45. The molecular weight excluding hydrogens is 1250 g/mol. The maximum atomic E-state index is 13.1. The van der Waals surface area contributed by atoms with Crippen molar-refractivity contribution in [2.24, 2.45) is 17.8 Å². The smallest absolute Gasteiger partial charge is 0.462 e. The van der Waals surface area contributed by atoms with Gasteiger partial charge in [-0.3, -0.25) is 37.3 Å². The molecule has 0 amide bonds. The van der Waals surface area contributed by atoms with Gasteiger partial charge in [-0.25, -0.2) is 9.13 Å². The molecule has 19 heteroatoms. The van der Waals surface area contributed by atoms with Crippen LogP contribution in [0.4, 0.5) is 0 Å². The zero-order valence-electron chi connectivity index (χ0n) is 62.1. The van der Waals surface area contributed by atoms with E-state index >= 15 is 0 Å². The van der Waals surface area contributed by atoms with Gasteiger partial charge in [-0.2, -0.15) is 0 Å². The average molecular weight is 1400 g/mol. The van der Waals surface area contributed by atoms with Crippen LogP contribution in [0.5, 0.6) is 0 Å². The van der Waals surface area contributed by atoms with Crippen molar-refractivity contribution < 1.29 is 80.2 Å².